The molecule has 2 saturated carbocycles. The van der Waals surface area contributed by atoms with E-state index in [1.54, 1.807) is 11.1 Å². The Morgan fingerprint density at radius 3 is 2.84 bits per heavy atom. The van der Waals surface area contributed by atoms with Crippen LogP contribution in [-0.4, -0.2) is 11.2 Å². The molecule has 1 heteroatoms. The van der Waals surface area contributed by atoms with Gasteiger partial charge in [-0.05, 0) is 72.8 Å². The van der Waals surface area contributed by atoms with Gasteiger partial charge in [-0.15, -0.1) is 0 Å². The summed E-state index contributed by atoms with van der Waals surface area (Å²) in [4.78, 5) is 0. The van der Waals surface area contributed by atoms with Crippen molar-refractivity contribution in [3.05, 3.63) is 35.4 Å². The highest BCUT2D eigenvalue weighted by molar-refractivity contribution is 5.34. The Balaban J connectivity index is 1.72. The van der Waals surface area contributed by atoms with Crippen molar-refractivity contribution in [2.45, 2.75) is 57.5 Å². The Kier molecular flexibility index (Phi) is 2.57. The van der Waals surface area contributed by atoms with Gasteiger partial charge in [0.2, 0.25) is 0 Å². The van der Waals surface area contributed by atoms with Gasteiger partial charge in [0.25, 0.3) is 0 Å². The zero-order chi connectivity index (χ0) is 13.0. The maximum Gasteiger partial charge on any atom is 0.0596 e. The Morgan fingerprint density at radius 1 is 1.11 bits per heavy atom. The van der Waals surface area contributed by atoms with Crippen molar-refractivity contribution in [3.8, 4) is 0 Å². The number of aliphatic hydroxyl groups is 1. The van der Waals surface area contributed by atoms with Crippen molar-refractivity contribution in [3.63, 3.8) is 0 Å². The molecule has 0 aromatic heterocycles. The van der Waals surface area contributed by atoms with E-state index in [9.17, 15) is 5.11 Å². The molecule has 4 rings (SSSR count). The van der Waals surface area contributed by atoms with Crippen LogP contribution in [0.3, 0.4) is 0 Å². The second-order valence-electron chi connectivity index (χ2n) is 7.25. The predicted molar refractivity (Wildman–Crippen MR) is 77.1 cm³/mol. The summed E-state index contributed by atoms with van der Waals surface area (Å²) in [6.07, 6.45) is 7.33. The predicted octanol–water partition coefficient (Wildman–Crippen LogP) is 3.90. The lowest BCUT2D eigenvalue weighted by molar-refractivity contribution is -0.0226. The molecule has 1 N–H and O–H groups in total. The van der Waals surface area contributed by atoms with Gasteiger partial charge in [-0.3, -0.25) is 0 Å². The maximum atomic E-state index is 10.4. The van der Waals surface area contributed by atoms with Crippen molar-refractivity contribution in [1.29, 1.82) is 0 Å². The number of aliphatic hydroxyl groups excluding tert-OH is 1. The Labute approximate surface area is 116 Å². The first-order valence-electron chi connectivity index (χ1n) is 7.96. The third-order valence-electron chi connectivity index (χ3n) is 6.59. The first-order chi connectivity index (χ1) is 9.20. The molecule has 1 nitrogen and oxygen atoms in total. The van der Waals surface area contributed by atoms with Gasteiger partial charge >= 0.3 is 0 Å². The van der Waals surface area contributed by atoms with E-state index in [4.69, 9.17) is 0 Å². The standard InChI is InChI=1S/C18H24O/c1-18-11-10-14-13-5-3-2-4-12(13)6-7-15(14)16(18)8-9-17(18)19/h2-5,14-17,19H,6-11H2,1H3/t14-,15-,16+,17+,18-/m1/s1. The van der Waals surface area contributed by atoms with Gasteiger partial charge in [-0.2, -0.15) is 0 Å². The summed E-state index contributed by atoms with van der Waals surface area (Å²) in [6, 6.07) is 9.08. The van der Waals surface area contributed by atoms with Crippen LogP contribution in [0, 0.1) is 17.3 Å². The van der Waals surface area contributed by atoms with Gasteiger partial charge in [0.05, 0.1) is 6.10 Å². The van der Waals surface area contributed by atoms with Gasteiger partial charge in [0.15, 0.2) is 0 Å². The summed E-state index contributed by atoms with van der Waals surface area (Å²) in [6.45, 7) is 2.35. The minimum atomic E-state index is -0.0457. The van der Waals surface area contributed by atoms with Crippen LogP contribution in [0.15, 0.2) is 24.3 Å². The molecule has 0 aliphatic heterocycles. The molecule has 1 aromatic carbocycles. The van der Waals surface area contributed by atoms with Crippen molar-refractivity contribution in [2.75, 3.05) is 0 Å². The lowest BCUT2D eigenvalue weighted by atomic mass is 9.55. The normalized spacial score (nSPS) is 44.3. The molecule has 102 valence electrons. The zero-order valence-corrected chi connectivity index (χ0v) is 11.8. The van der Waals surface area contributed by atoms with Crippen LogP contribution in [0.1, 0.15) is 56.1 Å². The van der Waals surface area contributed by atoms with E-state index in [1.807, 2.05) is 0 Å². The number of aryl methyl sites for hydroxylation is 1. The lowest BCUT2D eigenvalue weighted by Gasteiger charge is -2.50. The van der Waals surface area contributed by atoms with Crippen molar-refractivity contribution >= 4 is 0 Å². The first-order valence-corrected chi connectivity index (χ1v) is 7.96. The van der Waals surface area contributed by atoms with E-state index in [2.05, 4.69) is 31.2 Å². The molecule has 0 saturated heterocycles. The molecular formula is C18H24O. The Bertz CT molecular complexity index is 494. The second kappa shape index (κ2) is 4.09. The summed E-state index contributed by atoms with van der Waals surface area (Å²) < 4.78 is 0. The molecule has 19 heavy (non-hydrogen) atoms. The number of benzene rings is 1. The Hall–Kier alpha value is -0.820. The first kappa shape index (κ1) is 12.0. The maximum absolute atomic E-state index is 10.4. The molecule has 0 radical (unpaired) electrons. The summed E-state index contributed by atoms with van der Waals surface area (Å²) in [7, 11) is 0. The van der Waals surface area contributed by atoms with E-state index >= 15 is 0 Å². The van der Waals surface area contributed by atoms with Gasteiger partial charge < -0.3 is 5.11 Å². The number of hydrogen-bond acceptors (Lipinski definition) is 1. The highest BCUT2D eigenvalue weighted by atomic mass is 16.3. The van der Waals surface area contributed by atoms with E-state index in [-0.39, 0.29) is 11.5 Å². The molecule has 3 aliphatic rings. The fraction of sp³-hybridized carbons (Fsp3) is 0.667. The van der Waals surface area contributed by atoms with Crippen LogP contribution in [-0.2, 0) is 6.42 Å². The van der Waals surface area contributed by atoms with Crippen LogP contribution in [0.2, 0.25) is 0 Å². The summed E-state index contributed by atoms with van der Waals surface area (Å²) in [5.74, 6) is 2.36. The van der Waals surface area contributed by atoms with Gasteiger partial charge in [-0.1, -0.05) is 31.2 Å². The average molecular weight is 256 g/mol. The fourth-order valence-corrected chi connectivity index (χ4v) is 5.49. The second-order valence-corrected chi connectivity index (χ2v) is 7.25. The number of fused-ring (bicyclic) bond motifs is 5. The molecule has 5 atom stereocenters. The minimum absolute atomic E-state index is 0.0457. The topological polar surface area (TPSA) is 20.2 Å². The van der Waals surface area contributed by atoms with Crippen LogP contribution < -0.4 is 0 Å². The molecule has 0 heterocycles. The van der Waals surface area contributed by atoms with Crippen LogP contribution >= 0.6 is 0 Å². The molecule has 0 bridgehead atoms. The number of rotatable bonds is 0. The highest BCUT2D eigenvalue weighted by Crippen LogP contribution is 2.60. The van der Waals surface area contributed by atoms with Crippen LogP contribution in [0.4, 0.5) is 0 Å². The molecule has 1 aromatic rings. The Morgan fingerprint density at radius 2 is 1.95 bits per heavy atom. The monoisotopic (exact) mass is 256 g/mol. The quantitative estimate of drug-likeness (QED) is 0.746. The van der Waals surface area contributed by atoms with E-state index in [0.717, 1.165) is 24.2 Å². The third-order valence-corrected chi connectivity index (χ3v) is 6.59. The van der Waals surface area contributed by atoms with Crippen molar-refractivity contribution in [1.82, 2.24) is 0 Å². The summed E-state index contributed by atoms with van der Waals surface area (Å²) in [5, 5.41) is 10.4. The van der Waals surface area contributed by atoms with Gasteiger partial charge in [0.1, 0.15) is 0 Å². The molecule has 3 aliphatic carbocycles. The molecule has 0 spiro atoms. The fourth-order valence-electron chi connectivity index (χ4n) is 5.49. The van der Waals surface area contributed by atoms with Gasteiger partial charge in [-0.25, -0.2) is 0 Å². The summed E-state index contributed by atoms with van der Waals surface area (Å²) >= 11 is 0. The van der Waals surface area contributed by atoms with Crippen molar-refractivity contribution < 1.29 is 5.11 Å². The molecule has 0 amide bonds. The summed E-state index contributed by atoms with van der Waals surface area (Å²) in [5.41, 5.74) is 3.43. The van der Waals surface area contributed by atoms with Gasteiger partial charge in [0, 0.05) is 0 Å². The largest absolute Gasteiger partial charge is 0.393 e. The minimum Gasteiger partial charge on any atom is -0.393 e. The van der Waals surface area contributed by atoms with Crippen LogP contribution in [0.5, 0.6) is 0 Å². The smallest absolute Gasteiger partial charge is 0.0596 e. The van der Waals surface area contributed by atoms with Crippen molar-refractivity contribution in [2.24, 2.45) is 17.3 Å². The molecule has 0 unspecified atom stereocenters. The number of hydrogen-bond donors (Lipinski definition) is 1. The van der Waals surface area contributed by atoms with E-state index in [0.29, 0.717) is 0 Å². The lowest BCUT2D eigenvalue weighted by Crippen LogP contribution is -2.43. The molecule has 2 fully saturated rings. The van der Waals surface area contributed by atoms with Crippen LogP contribution in [0.25, 0.3) is 0 Å². The SMILES string of the molecule is C[C@@]12CC[C@@H]3c4ccccc4CC[C@H]3[C@@H]1CC[C@@H]2O. The highest BCUT2D eigenvalue weighted by Gasteiger charge is 2.54. The third kappa shape index (κ3) is 1.57. The molecular weight excluding hydrogens is 232 g/mol. The van der Waals surface area contributed by atoms with E-state index < -0.39 is 0 Å². The van der Waals surface area contributed by atoms with E-state index in [1.165, 1.54) is 32.1 Å². The zero-order valence-electron chi connectivity index (χ0n) is 11.8. The average Bonchev–Trinajstić information content (AvgIpc) is 2.75.